The number of carboxylic acids is 4. The smallest absolute Gasteiger partial charge is 0.348 e. The fourth-order valence-electron chi connectivity index (χ4n) is 6.01. The standard InChI is InChI=1S/C41H49N7O14/c49-24-29(14-11-15-32(38(56)57)46-41(62)47-36(40(60)61)30(25-50)31(26-51)37(54)55)45-35(53)18-4-2-1-3-17-34(52)44-21-10-7-16-33(39(58)59)48(22-27-12-5-8-19-42-27)23-28-13-6-9-20-43-28/h5-6,8-9,12-13,19-20,32-33,36H,1-4,7,10-11,14-18,21-23H2,(H,44,52)(H,45,53)(H,54,55)(H,56,57)(H,58,59)(H,60,61)(H2,46,47,62). The lowest BCUT2D eigenvalue weighted by Gasteiger charge is -2.28. The van der Waals surface area contributed by atoms with E-state index < -0.39 is 65.1 Å². The molecule has 332 valence electrons. The zero-order valence-corrected chi connectivity index (χ0v) is 33.7. The number of allylic oxidation sites excluding steroid dienone is 1. The molecule has 3 unspecified atom stereocenters. The van der Waals surface area contributed by atoms with Gasteiger partial charge >= 0.3 is 29.9 Å². The first-order chi connectivity index (χ1) is 29.7. The van der Waals surface area contributed by atoms with Crippen LogP contribution in [0.3, 0.4) is 0 Å². The number of carbonyl (C=O) groups excluding carboxylic acids is 6. The third-order valence-corrected chi connectivity index (χ3v) is 9.14. The van der Waals surface area contributed by atoms with Gasteiger partial charge in [-0.15, -0.1) is 0 Å². The Balaban J connectivity index is 1.68. The lowest BCUT2D eigenvalue weighted by Crippen LogP contribution is -2.52. The summed E-state index contributed by atoms with van der Waals surface area (Å²) in [7, 11) is 0. The second kappa shape index (κ2) is 28.2. The molecule has 3 atom stereocenters. The van der Waals surface area contributed by atoms with Crippen molar-refractivity contribution in [1.29, 1.82) is 0 Å². The van der Waals surface area contributed by atoms with Crippen LogP contribution in [0.25, 0.3) is 0 Å². The molecule has 4 amide bonds. The number of hydrogen-bond donors (Lipinski definition) is 8. The van der Waals surface area contributed by atoms with Crippen molar-refractivity contribution < 1.29 is 68.4 Å². The van der Waals surface area contributed by atoms with E-state index in [9.17, 15) is 63.3 Å². The molecule has 21 nitrogen and oxygen atoms in total. The van der Waals surface area contributed by atoms with E-state index in [1.807, 2.05) is 34.5 Å². The molecule has 0 fully saturated rings. The summed E-state index contributed by atoms with van der Waals surface area (Å²) < 4.78 is 0. The van der Waals surface area contributed by atoms with Gasteiger partial charge in [0.2, 0.25) is 11.8 Å². The van der Waals surface area contributed by atoms with E-state index in [1.54, 1.807) is 35.8 Å². The number of carboxylic acid groups (broad SMARTS) is 4. The van der Waals surface area contributed by atoms with Gasteiger partial charge in [0.05, 0.1) is 17.0 Å². The Morgan fingerprint density at radius 1 is 0.629 bits per heavy atom. The summed E-state index contributed by atoms with van der Waals surface area (Å²) in [5.41, 5.74) is -1.39. The van der Waals surface area contributed by atoms with Crippen LogP contribution in [0.1, 0.15) is 88.4 Å². The van der Waals surface area contributed by atoms with Crippen LogP contribution in [0.5, 0.6) is 0 Å². The second-order valence-electron chi connectivity index (χ2n) is 13.8. The van der Waals surface area contributed by atoms with Crippen LogP contribution in [0.4, 0.5) is 4.79 Å². The molecule has 0 radical (unpaired) electrons. The lowest BCUT2D eigenvalue weighted by atomic mass is 10.0. The molecule has 2 rings (SSSR count). The number of carbonyl (C=O) groups is 7. The number of pyridine rings is 2. The zero-order chi connectivity index (χ0) is 45.9. The summed E-state index contributed by atoms with van der Waals surface area (Å²) in [5.74, 6) is -3.78. The van der Waals surface area contributed by atoms with Gasteiger partial charge in [-0.25, -0.2) is 33.6 Å². The van der Waals surface area contributed by atoms with Gasteiger partial charge in [0.25, 0.3) is 0 Å². The van der Waals surface area contributed by atoms with Gasteiger partial charge in [0.1, 0.15) is 35.6 Å². The first kappa shape index (κ1) is 50.8. The van der Waals surface area contributed by atoms with Gasteiger partial charge < -0.3 is 41.7 Å². The molecule has 2 heterocycles. The van der Waals surface area contributed by atoms with Gasteiger partial charge in [0, 0.05) is 44.9 Å². The maximum atomic E-state index is 12.4. The molecule has 21 heteroatoms. The first-order valence-corrected chi connectivity index (χ1v) is 19.5. The molecule has 0 aliphatic heterocycles. The number of nitrogens with one attached hydrogen (secondary N) is 4. The molecule has 62 heavy (non-hydrogen) atoms. The van der Waals surface area contributed by atoms with Gasteiger partial charge in [-0.05, 0) is 75.6 Å². The maximum absolute atomic E-state index is 12.4. The molecule has 0 saturated heterocycles. The van der Waals surface area contributed by atoms with E-state index in [0.29, 0.717) is 64.6 Å². The van der Waals surface area contributed by atoms with Crippen molar-refractivity contribution in [3.63, 3.8) is 0 Å². The lowest BCUT2D eigenvalue weighted by molar-refractivity contribution is -0.144. The number of aromatic nitrogens is 2. The van der Waals surface area contributed by atoms with Crippen LogP contribution in [0.15, 0.2) is 65.6 Å². The Labute approximate surface area is 355 Å². The summed E-state index contributed by atoms with van der Waals surface area (Å²) in [5, 5.41) is 46.8. The van der Waals surface area contributed by atoms with Crippen LogP contribution in [-0.2, 0) is 56.2 Å². The highest BCUT2D eigenvalue weighted by Gasteiger charge is 2.33. The number of nitrogens with zero attached hydrogens (tertiary/aromatic N) is 3. The molecule has 2 aromatic heterocycles. The SMILES string of the molecule is O=C=C(CCCC(NC(=O)NC(C(=O)O)C(=C=O)C(=C=O)C(=O)O)C(=O)O)NC(=O)CCCCCCC(=O)NCCCCC(C(=O)O)N(Cc1ccccn1)Cc1ccccn1. The van der Waals surface area contributed by atoms with Crippen molar-refractivity contribution in [1.82, 2.24) is 36.1 Å². The monoisotopic (exact) mass is 863 g/mol. The van der Waals surface area contributed by atoms with Crippen molar-refractivity contribution in [2.24, 2.45) is 0 Å². The zero-order valence-electron chi connectivity index (χ0n) is 33.7. The van der Waals surface area contributed by atoms with E-state index in [2.05, 4.69) is 20.6 Å². The van der Waals surface area contributed by atoms with Crippen LogP contribution in [0.2, 0.25) is 0 Å². The highest BCUT2D eigenvalue weighted by molar-refractivity contribution is 6.06. The molecule has 0 aromatic carbocycles. The Hall–Kier alpha value is -7.30. The van der Waals surface area contributed by atoms with Crippen LogP contribution in [-0.4, -0.2) is 120 Å². The number of amides is 4. The number of unbranched alkanes of at least 4 members (excludes halogenated alkanes) is 4. The summed E-state index contributed by atoms with van der Waals surface area (Å²) in [6, 6.07) is 4.63. The Morgan fingerprint density at radius 2 is 1.24 bits per heavy atom. The Morgan fingerprint density at radius 3 is 1.73 bits per heavy atom. The number of hydrogen-bond acceptors (Lipinski definition) is 13. The van der Waals surface area contributed by atoms with Gasteiger partial charge in [-0.2, -0.15) is 0 Å². The molecule has 8 N–H and O–H groups in total. The maximum Gasteiger partial charge on any atom is 0.348 e. The molecule has 0 aliphatic carbocycles. The second-order valence-corrected chi connectivity index (χ2v) is 13.8. The Bertz CT molecular complexity index is 1970. The minimum absolute atomic E-state index is 0.0419. The van der Waals surface area contributed by atoms with E-state index in [-0.39, 0.29) is 43.7 Å². The minimum Gasteiger partial charge on any atom is -0.480 e. The number of urea groups is 1. The minimum atomic E-state index is -2.39. The van der Waals surface area contributed by atoms with E-state index in [4.69, 9.17) is 5.11 Å². The van der Waals surface area contributed by atoms with Crippen LogP contribution < -0.4 is 21.3 Å². The third kappa shape index (κ3) is 19.2. The normalized spacial score (nSPS) is 11.9. The third-order valence-electron chi connectivity index (χ3n) is 9.14. The fourth-order valence-corrected chi connectivity index (χ4v) is 6.01. The number of aliphatic carboxylic acids is 4. The average molecular weight is 864 g/mol. The van der Waals surface area contributed by atoms with Gasteiger partial charge in [-0.3, -0.25) is 29.3 Å². The van der Waals surface area contributed by atoms with E-state index >= 15 is 0 Å². The van der Waals surface area contributed by atoms with Crippen LogP contribution in [0, 0.1) is 0 Å². The summed E-state index contributed by atoms with van der Waals surface area (Å²) in [6.45, 7) is 1.03. The molecule has 0 spiro atoms. The largest absolute Gasteiger partial charge is 0.480 e. The van der Waals surface area contributed by atoms with Gasteiger partial charge in [0.15, 0.2) is 11.6 Å². The summed E-state index contributed by atoms with van der Waals surface area (Å²) in [6.07, 6.45) is 6.80. The molecule has 0 saturated carbocycles. The average Bonchev–Trinajstić information content (AvgIpc) is 3.23. The predicted molar refractivity (Wildman–Crippen MR) is 215 cm³/mol. The van der Waals surface area contributed by atoms with Crippen molar-refractivity contribution >= 4 is 59.5 Å². The molecular weight excluding hydrogens is 814 g/mol. The molecular formula is C41H49N7O14. The van der Waals surface area contributed by atoms with E-state index in [1.165, 1.54) is 0 Å². The topological polar surface area (TPSA) is 329 Å². The summed E-state index contributed by atoms with van der Waals surface area (Å²) in [4.78, 5) is 128. The quantitative estimate of drug-likeness (QED) is 0.0238. The molecule has 2 aromatic rings. The summed E-state index contributed by atoms with van der Waals surface area (Å²) >= 11 is 0. The predicted octanol–water partition coefficient (Wildman–Crippen LogP) is 1.37. The number of rotatable bonds is 30. The fraction of sp³-hybridized carbons (Fsp3) is 0.439. The van der Waals surface area contributed by atoms with Gasteiger partial charge in [-0.1, -0.05) is 25.0 Å². The van der Waals surface area contributed by atoms with Crippen LogP contribution >= 0.6 is 0 Å². The highest BCUT2D eigenvalue weighted by atomic mass is 16.4. The van der Waals surface area contributed by atoms with Crippen molar-refractivity contribution in [2.45, 2.75) is 108 Å². The van der Waals surface area contributed by atoms with E-state index in [0.717, 1.165) is 23.3 Å². The van der Waals surface area contributed by atoms with Crippen molar-refractivity contribution in [3.8, 4) is 0 Å². The molecule has 0 aliphatic rings. The van der Waals surface area contributed by atoms with Crippen molar-refractivity contribution in [2.75, 3.05) is 6.54 Å². The first-order valence-electron chi connectivity index (χ1n) is 19.5. The van der Waals surface area contributed by atoms with Crippen molar-refractivity contribution in [3.05, 3.63) is 77.0 Å². The molecule has 0 bridgehead atoms. The highest BCUT2D eigenvalue weighted by Crippen LogP contribution is 2.17. The Kier molecular flexibility index (Phi) is 23.1.